The topological polar surface area (TPSA) is 50.2 Å². The Bertz CT molecular complexity index is 1110. The lowest BCUT2D eigenvalue weighted by Gasteiger charge is -2.26. The standard InChI is InChI=1S/C29H36N4O/c1-22-8-7-11-24(16-22)20-32-15-14-25-12-5-6-13-27(25)28(29(32)34)31-18-26-17-30-21-33(26)19-23-9-3-2-4-10-23/h5-8,11-13,16-17,21,23,28,31H,2-4,9-10,14-15,18-20H2,1H3. The number of aryl methyl sites for hydroxylation is 1. The van der Waals surface area contributed by atoms with E-state index in [2.05, 4.69) is 64.3 Å². The van der Waals surface area contributed by atoms with Gasteiger partial charge in [0.2, 0.25) is 5.91 Å². The third-order valence-electron chi connectivity index (χ3n) is 7.50. The van der Waals surface area contributed by atoms with Crippen molar-refractivity contribution in [2.75, 3.05) is 6.54 Å². The van der Waals surface area contributed by atoms with Gasteiger partial charge in [0, 0.05) is 32.4 Å². The quantitative estimate of drug-likeness (QED) is 0.532. The van der Waals surface area contributed by atoms with E-state index in [0.29, 0.717) is 13.1 Å². The summed E-state index contributed by atoms with van der Waals surface area (Å²) in [4.78, 5) is 20.3. The lowest BCUT2D eigenvalue weighted by molar-refractivity contribution is -0.134. The molecule has 1 saturated carbocycles. The van der Waals surface area contributed by atoms with Crippen LogP contribution in [0.4, 0.5) is 0 Å². The summed E-state index contributed by atoms with van der Waals surface area (Å²) in [5.41, 5.74) is 5.94. The maximum absolute atomic E-state index is 13.8. The molecule has 34 heavy (non-hydrogen) atoms. The van der Waals surface area contributed by atoms with Crippen molar-refractivity contribution in [3.8, 4) is 0 Å². The number of nitrogens with zero attached hydrogens (tertiary/aromatic N) is 3. The van der Waals surface area contributed by atoms with E-state index in [1.165, 1.54) is 48.8 Å². The van der Waals surface area contributed by atoms with Gasteiger partial charge in [0.15, 0.2) is 0 Å². The Labute approximate surface area is 203 Å². The molecule has 0 bridgehead atoms. The van der Waals surface area contributed by atoms with Crippen molar-refractivity contribution >= 4 is 5.91 Å². The van der Waals surface area contributed by atoms with Crippen LogP contribution in [0.25, 0.3) is 0 Å². The zero-order chi connectivity index (χ0) is 23.3. The molecule has 5 nitrogen and oxygen atoms in total. The molecule has 1 N–H and O–H groups in total. The molecule has 1 aromatic heterocycles. The number of hydrogen-bond donors (Lipinski definition) is 1. The fourth-order valence-electron chi connectivity index (χ4n) is 5.62. The third-order valence-corrected chi connectivity index (χ3v) is 7.50. The number of amides is 1. The van der Waals surface area contributed by atoms with Gasteiger partial charge in [-0.25, -0.2) is 4.98 Å². The second-order valence-electron chi connectivity index (χ2n) is 10.1. The van der Waals surface area contributed by atoms with Gasteiger partial charge in [0.1, 0.15) is 6.04 Å². The summed E-state index contributed by atoms with van der Waals surface area (Å²) in [5, 5.41) is 3.62. The Morgan fingerprint density at radius 3 is 2.76 bits per heavy atom. The minimum absolute atomic E-state index is 0.157. The van der Waals surface area contributed by atoms with Gasteiger partial charge in [-0.1, -0.05) is 73.4 Å². The fraction of sp³-hybridized carbons (Fsp3) is 0.448. The third kappa shape index (κ3) is 5.25. The Hall–Kier alpha value is -2.92. The van der Waals surface area contributed by atoms with Gasteiger partial charge in [-0.3, -0.25) is 10.1 Å². The van der Waals surface area contributed by atoms with E-state index in [4.69, 9.17) is 0 Å². The molecule has 2 heterocycles. The Balaban J connectivity index is 1.33. The predicted octanol–water partition coefficient (Wildman–Crippen LogP) is 5.19. The summed E-state index contributed by atoms with van der Waals surface area (Å²) in [6.07, 6.45) is 11.5. The molecule has 178 valence electrons. The first-order chi connectivity index (χ1) is 16.7. The molecule has 1 atom stereocenters. The van der Waals surface area contributed by atoms with Crippen LogP contribution in [0.3, 0.4) is 0 Å². The van der Waals surface area contributed by atoms with Crippen LogP contribution >= 0.6 is 0 Å². The molecule has 1 unspecified atom stereocenters. The predicted molar refractivity (Wildman–Crippen MR) is 135 cm³/mol. The summed E-state index contributed by atoms with van der Waals surface area (Å²) < 4.78 is 2.29. The molecule has 2 aliphatic rings. The van der Waals surface area contributed by atoms with Crippen LogP contribution in [0.1, 0.15) is 66.1 Å². The van der Waals surface area contributed by atoms with Crippen molar-refractivity contribution in [2.24, 2.45) is 5.92 Å². The van der Waals surface area contributed by atoms with Crippen molar-refractivity contribution in [3.63, 3.8) is 0 Å². The molecule has 5 rings (SSSR count). The van der Waals surface area contributed by atoms with Crippen molar-refractivity contribution in [3.05, 3.63) is 89.0 Å². The van der Waals surface area contributed by atoms with E-state index >= 15 is 0 Å². The van der Waals surface area contributed by atoms with Crippen molar-refractivity contribution in [1.29, 1.82) is 0 Å². The summed E-state index contributed by atoms with van der Waals surface area (Å²) in [5.74, 6) is 0.900. The van der Waals surface area contributed by atoms with E-state index in [1.54, 1.807) is 0 Å². The van der Waals surface area contributed by atoms with E-state index in [0.717, 1.165) is 36.7 Å². The number of aromatic nitrogens is 2. The highest BCUT2D eigenvalue weighted by atomic mass is 16.2. The number of nitrogens with one attached hydrogen (secondary N) is 1. The number of carbonyl (C=O) groups excluding carboxylic acids is 1. The largest absolute Gasteiger partial charge is 0.336 e. The van der Waals surface area contributed by atoms with E-state index in [-0.39, 0.29) is 11.9 Å². The molecular weight excluding hydrogens is 420 g/mol. The Morgan fingerprint density at radius 2 is 1.91 bits per heavy atom. The van der Waals surface area contributed by atoms with Crippen LogP contribution < -0.4 is 5.32 Å². The van der Waals surface area contributed by atoms with Gasteiger partial charge in [0.05, 0.1) is 12.0 Å². The molecule has 3 aromatic rings. The zero-order valence-corrected chi connectivity index (χ0v) is 20.2. The van der Waals surface area contributed by atoms with Gasteiger partial charge >= 0.3 is 0 Å². The normalized spacial score (nSPS) is 19.1. The summed E-state index contributed by atoms with van der Waals surface area (Å²) in [7, 11) is 0. The Morgan fingerprint density at radius 1 is 1.06 bits per heavy atom. The van der Waals surface area contributed by atoms with Crippen molar-refractivity contribution in [1.82, 2.24) is 19.8 Å². The summed E-state index contributed by atoms with van der Waals surface area (Å²) >= 11 is 0. The average Bonchev–Trinajstić information content (AvgIpc) is 3.24. The van der Waals surface area contributed by atoms with Crippen LogP contribution in [0.15, 0.2) is 61.1 Å². The number of hydrogen-bond acceptors (Lipinski definition) is 3. The molecule has 1 aliphatic carbocycles. The van der Waals surface area contributed by atoms with Crippen LogP contribution in [0, 0.1) is 12.8 Å². The van der Waals surface area contributed by atoms with E-state index < -0.39 is 0 Å². The highest BCUT2D eigenvalue weighted by Gasteiger charge is 2.30. The van der Waals surface area contributed by atoms with Gasteiger partial charge in [-0.15, -0.1) is 0 Å². The molecule has 0 saturated heterocycles. The van der Waals surface area contributed by atoms with E-state index in [1.807, 2.05) is 23.5 Å². The second kappa shape index (κ2) is 10.6. The lowest BCUT2D eigenvalue weighted by Crippen LogP contribution is -2.39. The van der Waals surface area contributed by atoms with Crippen LogP contribution in [0.2, 0.25) is 0 Å². The first kappa shape index (κ1) is 22.9. The summed E-state index contributed by atoms with van der Waals surface area (Å²) in [6, 6.07) is 16.5. The molecule has 1 amide bonds. The number of carbonyl (C=O) groups is 1. The van der Waals surface area contributed by atoms with Crippen LogP contribution in [-0.4, -0.2) is 26.9 Å². The highest BCUT2D eigenvalue weighted by Crippen LogP contribution is 2.28. The van der Waals surface area contributed by atoms with Crippen LogP contribution in [0.5, 0.6) is 0 Å². The molecule has 0 radical (unpaired) electrons. The van der Waals surface area contributed by atoms with Crippen LogP contribution in [-0.2, 0) is 30.8 Å². The molecule has 1 aliphatic heterocycles. The smallest absolute Gasteiger partial charge is 0.244 e. The minimum atomic E-state index is -0.346. The maximum atomic E-state index is 13.8. The fourth-order valence-corrected chi connectivity index (χ4v) is 5.62. The van der Waals surface area contributed by atoms with Crippen molar-refractivity contribution in [2.45, 2.75) is 71.1 Å². The van der Waals surface area contributed by atoms with Gasteiger partial charge in [-0.2, -0.15) is 0 Å². The minimum Gasteiger partial charge on any atom is -0.336 e. The van der Waals surface area contributed by atoms with Crippen molar-refractivity contribution < 1.29 is 4.79 Å². The van der Waals surface area contributed by atoms with Gasteiger partial charge in [-0.05, 0) is 48.8 Å². The molecular formula is C29H36N4O. The molecule has 1 fully saturated rings. The Kier molecular flexibility index (Phi) is 7.10. The second-order valence-corrected chi connectivity index (χ2v) is 10.1. The number of imidazole rings is 1. The van der Waals surface area contributed by atoms with Gasteiger partial charge < -0.3 is 9.47 Å². The summed E-state index contributed by atoms with van der Waals surface area (Å²) in [6.45, 7) is 5.15. The maximum Gasteiger partial charge on any atom is 0.244 e. The molecule has 5 heteroatoms. The monoisotopic (exact) mass is 456 g/mol. The molecule has 0 spiro atoms. The highest BCUT2D eigenvalue weighted by molar-refractivity contribution is 5.84. The zero-order valence-electron chi connectivity index (χ0n) is 20.2. The molecule has 2 aromatic carbocycles. The SMILES string of the molecule is Cc1cccc(CN2CCc3ccccc3C(NCc3cncn3CC3CCCCC3)C2=O)c1. The lowest BCUT2D eigenvalue weighted by atomic mass is 9.89. The average molecular weight is 457 g/mol. The number of fused-ring (bicyclic) bond motifs is 1. The number of benzene rings is 2. The van der Waals surface area contributed by atoms with E-state index in [9.17, 15) is 4.79 Å². The van der Waals surface area contributed by atoms with Gasteiger partial charge in [0.25, 0.3) is 0 Å². The first-order valence-electron chi connectivity index (χ1n) is 12.8. The number of rotatable bonds is 7. The first-order valence-corrected chi connectivity index (χ1v) is 12.8.